The molecule has 0 aromatic heterocycles. The molecule has 18 heavy (non-hydrogen) atoms. The number of rotatable bonds is 1. The summed E-state index contributed by atoms with van der Waals surface area (Å²) in [6.07, 6.45) is 5.78. The Morgan fingerprint density at radius 1 is 1.11 bits per heavy atom. The summed E-state index contributed by atoms with van der Waals surface area (Å²) in [6, 6.07) is 0.447. The Morgan fingerprint density at radius 3 is 2.44 bits per heavy atom. The van der Waals surface area contributed by atoms with Gasteiger partial charge in [-0.1, -0.05) is 13.3 Å². The van der Waals surface area contributed by atoms with Crippen LogP contribution in [0, 0.1) is 11.8 Å². The first-order chi connectivity index (χ1) is 8.18. The first-order valence-electron chi connectivity index (χ1n) is 7.19. The monoisotopic (exact) mass is 274 g/mol. The Bertz CT molecular complexity index is 267. The lowest BCUT2D eigenvalue weighted by atomic mass is 9.95. The number of carbonyl (C=O) groups is 1. The first-order valence-corrected chi connectivity index (χ1v) is 7.19. The number of amides is 1. The van der Waals surface area contributed by atoms with E-state index in [4.69, 9.17) is 0 Å². The molecule has 2 heterocycles. The van der Waals surface area contributed by atoms with Crippen LogP contribution in [0.4, 0.5) is 0 Å². The van der Waals surface area contributed by atoms with E-state index in [1.165, 1.54) is 19.3 Å². The smallest absolute Gasteiger partial charge is 0.226 e. The molecular weight excluding hydrogens is 248 g/mol. The molecule has 1 amide bonds. The van der Waals surface area contributed by atoms with Crippen molar-refractivity contribution in [2.75, 3.05) is 19.6 Å². The topological polar surface area (TPSA) is 32.3 Å². The van der Waals surface area contributed by atoms with Gasteiger partial charge < -0.3 is 10.2 Å². The third-order valence-electron chi connectivity index (χ3n) is 4.33. The van der Waals surface area contributed by atoms with Gasteiger partial charge in [-0.15, -0.1) is 12.4 Å². The molecule has 2 saturated heterocycles. The van der Waals surface area contributed by atoms with Crippen LogP contribution in [0.25, 0.3) is 0 Å². The summed E-state index contributed by atoms with van der Waals surface area (Å²) in [6.45, 7) is 7.49. The molecule has 0 aromatic carbocycles. The second kappa shape index (κ2) is 7.34. The van der Waals surface area contributed by atoms with Gasteiger partial charge in [-0.25, -0.2) is 0 Å². The quantitative estimate of drug-likeness (QED) is 0.797. The Kier molecular flexibility index (Phi) is 6.44. The fourth-order valence-electron chi connectivity index (χ4n) is 3.14. The van der Waals surface area contributed by atoms with Crippen molar-refractivity contribution in [2.24, 2.45) is 11.8 Å². The maximum absolute atomic E-state index is 12.6. The molecule has 2 unspecified atom stereocenters. The SMILES string of the molecule is CC1CCCC(C)N(C(=O)C2CCNCC2)C1.Cl. The normalized spacial score (nSPS) is 30.4. The molecule has 0 aliphatic carbocycles. The van der Waals surface area contributed by atoms with E-state index in [1.807, 2.05) is 0 Å². The zero-order valence-corrected chi connectivity index (χ0v) is 12.5. The standard InChI is InChI=1S/C14H26N2O.ClH/c1-11-4-3-5-12(2)16(10-11)14(17)13-6-8-15-9-7-13;/h11-13,15H,3-10H2,1-2H3;1H. The molecule has 0 spiro atoms. The summed E-state index contributed by atoms with van der Waals surface area (Å²) in [5.41, 5.74) is 0. The van der Waals surface area contributed by atoms with Crippen molar-refractivity contribution in [3.8, 4) is 0 Å². The fraction of sp³-hybridized carbons (Fsp3) is 0.929. The summed E-state index contributed by atoms with van der Waals surface area (Å²) >= 11 is 0. The van der Waals surface area contributed by atoms with Crippen LogP contribution >= 0.6 is 12.4 Å². The summed E-state index contributed by atoms with van der Waals surface area (Å²) in [7, 11) is 0. The van der Waals surface area contributed by atoms with Crippen molar-refractivity contribution in [2.45, 2.75) is 52.0 Å². The van der Waals surface area contributed by atoms with Crippen LogP contribution in [-0.4, -0.2) is 36.5 Å². The number of hydrogen-bond acceptors (Lipinski definition) is 2. The highest BCUT2D eigenvalue weighted by molar-refractivity contribution is 5.85. The van der Waals surface area contributed by atoms with Crippen LogP contribution in [0.5, 0.6) is 0 Å². The Labute approximate surface area is 117 Å². The highest BCUT2D eigenvalue weighted by atomic mass is 35.5. The fourth-order valence-corrected chi connectivity index (χ4v) is 3.14. The maximum Gasteiger partial charge on any atom is 0.226 e. The van der Waals surface area contributed by atoms with E-state index in [1.54, 1.807) is 0 Å². The molecule has 0 radical (unpaired) electrons. The Balaban J connectivity index is 0.00000162. The van der Waals surface area contributed by atoms with Gasteiger partial charge in [0, 0.05) is 18.5 Å². The van der Waals surface area contributed by atoms with Crippen molar-refractivity contribution in [1.82, 2.24) is 10.2 Å². The average Bonchev–Trinajstić information content (AvgIpc) is 2.51. The van der Waals surface area contributed by atoms with Crippen LogP contribution in [0.1, 0.15) is 46.0 Å². The van der Waals surface area contributed by atoms with Gasteiger partial charge in [0.05, 0.1) is 0 Å². The molecule has 2 aliphatic heterocycles. The van der Waals surface area contributed by atoms with Crippen LogP contribution in [-0.2, 0) is 4.79 Å². The van der Waals surface area contributed by atoms with Crippen molar-refractivity contribution in [3.63, 3.8) is 0 Å². The predicted octanol–water partition coefficient (Wildman–Crippen LogP) is 2.44. The minimum Gasteiger partial charge on any atom is -0.339 e. The van der Waals surface area contributed by atoms with Gasteiger partial charge in [-0.3, -0.25) is 4.79 Å². The zero-order chi connectivity index (χ0) is 12.3. The van der Waals surface area contributed by atoms with Crippen molar-refractivity contribution < 1.29 is 4.79 Å². The van der Waals surface area contributed by atoms with Crippen molar-refractivity contribution >= 4 is 18.3 Å². The Morgan fingerprint density at radius 2 is 1.78 bits per heavy atom. The molecule has 2 fully saturated rings. The largest absolute Gasteiger partial charge is 0.339 e. The van der Waals surface area contributed by atoms with E-state index in [9.17, 15) is 4.79 Å². The summed E-state index contributed by atoms with van der Waals surface area (Å²) in [4.78, 5) is 14.7. The lowest BCUT2D eigenvalue weighted by molar-refractivity contribution is -0.138. The van der Waals surface area contributed by atoms with Crippen LogP contribution in [0.3, 0.4) is 0 Å². The molecule has 1 N–H and O–H groups in total. The highest BCUT2D eigenvalue weighted by Crippen LogP contribution is 2.24. The number of halogens is 1. The van der Waals surface area contributed by atoms with Gasteiger partial charge in [-0.05, 0) is 51.6 Å². The van der Waals surface area contributed by atoms with Gasteiger partial charge >= 0.3 is 0 Å². The molecule has 2 atom stereocenters. The Hall–Kier alpha value is -0.280. The third kappa shape index (κ3) is 3.86. The lowest BCUT2D eigenvalue weighted by Crippen LogP contribution is -2.45. The van der Waals surface area contributed by atoms with E-state index in [2.05, 4.69) is 24.1 Å². The summed E-state index contributed by atoms with van der Waals surface area (Å²) in [5, 5.41) is 3.33. The second-order valence-electron chi connectivity index (χ2n) is 5.90. The minimum atomic E-state index is 0. The van der Waals surface area contributed by atoms with Gasteiger partial charge in [0.15, 0.2) is 0 Å². The third-order valence-corrected chi connectivity index (χ3v) is 4.33. The molecule has 106 valence electrons. The lowest BCUT2D eigenvalue weighted by Gasteiger charge is -2.33. The molecule has 0 bridgehead atoms. The number of hydrogen-bond donors (Lipinski definition) is 1. The molecule has 2 rings (SSSR count). The molecule has 0 aromatic rings. The van der Waals surface area contributed by atoms with Gasteiger partial charge in [0.2, 0.25) is 5.91 Å². The van der Waals surface area contributed by atoms with Gasteiger partial charge in [0.1, 0.15) is 0 Å². The number of nitrogens with zero attached hydrogens (tertiary/aromatic N) is 1. The number of carbonyl (C=O) groups excluding carboxylic acids is 1. The molecule has 2 aliphatic rings. The van der Waals surface area contributed by atoms with E-state index < -0.39 is 0 Å². The highest BCUT2D eigenvalue weighted by Gasteiger charge is 2.30. The predicted molar refractivity (Wildman–Crippen MR) is 77.0 cm³/mol. The summed E-state index contributed by atoms with van der Waals surface area (Å²) in [5.74, 6) is 1.38. The minimum absolute atomic E-state index is 0. The van der Waals surface area contributed by atoms with Gasteiger partial charge in [0.25, 0.3) is 0 Å². The van der Waals surface area contributed by atoms with Crippen molar-refractivity contribution in [3.05, 3.63) is 0 Å². The average molecular weight is 275 g/mol. The first kappa shape index (κ1) is 15.8. The maximum atomic E-state index is 12.6. The van der Waals surface area contributed by atoms with Crippen LogP contribution in [0.15, 0.2) is 0 Å². The van der Waals surface area contributed by atoms with Crippen LogP contribution in [0.2, 0.25) is 0 Å². The number of likely N-dealkylation sites (tertiary alicyclic amines) is 1. The second-order valence-corrected chi connectivity index (χ2v) is 5.90. The van der Waals surface area contributed by atoms with E-state index in [0.717, 1.165) is 32.5 Å². The van der Waals surface area contributed by atoms with Crippen molar-refractivity contribution in [1.29, 1.82) is 0 Å². The molecule has 0 saturated carbocycles. The zero-order valence-electron chi connectivity index (χ0n) is 11.7. The van der Waals surface area contributed by atoms with E-state index >= 15 is 0 Å². The van der Waals surface area contributed by atoms with Crippen LogP contribution < -0.4 is 5.32 Å². The van der Waals surface area contributed by atoms with Gasteiger partial charge in [-0.2, -0.15) is 0 Å². The molecular formula is C14H27ClN2O. The summed E-state index contributed by atoms with van der Waals surface area (Å²) < 4.78 is 0. The van der Waals surface area contributed by atoms with E-state index in [0.29, 0.717) is 17.9 Å². The molecule has 4 heteroatoms. The number of piperidine rings is 1. The number of nitrogens with one attached hydrogen (secondary N) is 1. The molecule has 3 nitrogen and oxygen atoms in total. The van der Waals surface area contributed by atoms with E-state index in [-0.39, 0.29) is 18.3 Å².